The third-order valence-electron chi connectivity index (χ3n) is 2.73. The molecule has 0 saturated carbocycles. The number of rotatable bonds is 3. The number of nitro benzene ring substituents is 1. The number of amides is 1. The van der Waals surface area contributed by atoms with Crippen LogP contribution in [0.3, 0.4) is 0 Å². The van der Waals surface area contributed by atoms with Gasteiger partial charge in [0, 0.05) is 29.1 Å². The maximum Gasteiger partial charge on any atom is 0.270 e. The van der Waals surface area contributed by atoms with Crippen LogP contribution in [0.2, 0.25) is 0 Å². The van der Waals surface area contributed by atoms with Gasteiger partial charge in [0.05, 0.1) is 10.5 Å². The lowest BCUT2D eigenvalue weighted by atomic mass is 10.1. The van der Waals surface area contributed by atoms with E-state index in [9.17, 15) is 19.3 Å². The highest BCUT2D eigenvalue weighted by atomic mass is 19.1. The van der Waals surface area contributed by atoms with E-state index < -0.39 is 16.6 Å². The molecule has 98 valence electrons. The monoisotopic (exact) mass is 263 g/mol. The summed E-state index contributed by atoms with van der Waals surface area (Å²) in [5.74, 6) is -1.27. The lowest BCUT2D eigenvalue weighted by Gasteiger charge is -2.00. The van der Waals surface area contributed by atoms with E-state index in [1.165, 1.54) is 6.07 Å². The predicted molar refractivity (Wildman–Crippen MR) is 66.1 cm³/mol. The van der Waals surface area contributed by atoms with Crippen LogP contribution in [0.15, 0.2) is 24.3 Å². The molecule has 7 heteroatoms. The highest BCUT2D eigenvalue weighted by Gasteiger charge is 2.16. The fourth-order valence-electron chi connectivity index (χ4n) is 1.79. The molecule has 0 bridgehead atoms. The van der Waals surface area contributed by atoms with Gasteiger partial charge in [0.15, 0.2) is 0 Å². The molecule has 0 aliphatic heterocycles. The number of H-pyrrole nitrogens is 1. The van der Waals surface area contributed by atoms with Crippen molar-refractivity contribution in [3.8, 4) is 11.3 Å². The number of primary amides is 1. The summed E-state index contributed by atoms with van der Waals surface area (Å²) >= 11 is 0. The van der Waals surface area contributed by atoms with Crippen molar-refractivity contribution in [2.75, 3.05) is 0 Å². The van der Waals surface area contributed by atoms with E-state index in [1.54, 1.807) is 6.92 Å². The second-order valence-corrected chi connectivity index (χ2v) is 4.01. The van der Waals surface area contributed by atoms with Crippen molar-refractivity contribution < 1.29 is 14.1 Å². The van der Waals surface area contributed by atoms with Crippen LogP contribution < -0.4 is 5.73 Å². The standard InChI is InChI=1S/C12H10FN3O3/c1-6-8(12(14)17)5-11(15-6)9-4-7(16(18)19)2-3-10(9)13/h2-5,15H,1H3,(H2,14,17). The van der Waals surface area contributed by atoms with E-state index in [1.807, 2.05) is 0 Å². The minimum absolute atomic E-state index is 0.0183. The normalized spacial score (nSPS) is 10.4. The molecule has 2 rings (SSSR count). The van der Waals surface area contributed by atoms with Crippen molar-refractivity contribution in [3.63, 3.8) is 0 Å². The van der Waals surface area contributed by atoms with E-state index in [-0.39, 0.29) is 22.5 Å². The van der Waals surface area contributed by atoms with Crippen LogP contribution in [0.25, 0.3) is 11.3 Å². The summed E-state index contributed by atoms with van der Waals surface area (Å²) in [7, 11) is 0. The first-order valence-corrected chi connectivity index (χ1v) is 5.34. The Balaban J connectivity index is 2.58. The van der Waals surface area contributed by atoms with Crippen molar-refractivity contribution in [1.82, 2.24) is 4.98 Å². The van der Waals surface area contributed by atoms with Crippen LogP contribution in [0.5, 0.6) is 0 Å². The number of hydrogen-bond donors (Lipinski definition) is 2. The molecule has 19 heavy (non-hydrogen) atoms. The fourth-order valence-corrected chi connectivity index (χ4v) is 1.79. The number of nitro groups is 1. The number of carbonyl (C=O) groups is 1. The molecule has 0 aliphatic carbocycles. The van der Waals surface area contributed by atoms with E-state index in [0.717, 1.165) is 18.2 Å². The lowest BCUT2D eigenvalue weighted by Crippen LogP contribution is -2.10. The van der Waals surface area contributed by atoms with Gasteiger partial charge in [0.25, 0.3) is 11.6 Å². The summed E-state index contributed by atoms with van der Waals surface area (Å²) in [6, 6.07) is 4.56. The Morgan fingerprint density at radius 2 is 2.11 bits per heavy atom. The van der Waals surface area contributed by atoms with Gasteiger partial charge in [0.2, 0.25) is 0 Å². The molecule has 3 N–H and O–H groups in total. The molecule has 0 fully saturated rings. The number of non-ortho nitro benzene ring substituents is 1. The Hall–Kier alpha value is -2.70. The minimum Gasteiger partial charge on any atom is -0.366 e. The van der Waals surface area contributed by atoms with E-state index in [4.69, 9.17) is 5.73 Å². The van der Waals surface area contributed by atoms with Gasteiger partial charge in [-0.05, 0) is 19.1 Å². The van der Waals surface area contributed by atoms with Gasteiger partial charge in [-0.3, -0.25) is 14.9 Å². The van der Waals surface area contributed by atoms with Gasteiger partial charge in [-0.25, -0.2) is 4.39 Å². The zero-order valence-corrected chi connectivity index (χ0v) is 9.94. The van der Waals surface area contributed by atoms with Crippen LogP contribution in [0, 0.1) is 22.9 Å². The highest BCUT2D eigenvalue weighted by molar-refractivity contribution is 5.95. The zero-order valence-electron chi connectivity index (χ0n) is 9.94. The molecule has 2 aromatic rings. The van der Waals surface area contributed by atoms with Gasteiger partial charge < -0.3 is 10.7 Å². The first-order chi connectivity index (χ1) is 8.90. The van der Waals surface area contributed by atoms with Crippen molar-refractivity contribution in [3.05, 3.63) is 51.5 Å². The third kappa shape index (κ3) is 2.30. The Kier molecular flexibility index (Phi) is 3.04. The van der Waals surface area contributed by atoms with Crippen molar-refractivity contribution in [2.45, 2.75) is 6.92 Å². The Bertz CT molecular complexity index is 679. The lowest BCUT2D eigenvalue weighted by molar-refractivity contribution is -0.384. The van der Waals surface area contributed by atoms with Crippen molar-refractivity contribution in [1.29, 1.82) is 0 Å². The maximum atomic E-state index is 13.7. The largest absolute Gasteiger partial charge is 0.366 e. The van der Waals surface area contributed by atoms with Gasteiger partial charge in [-0.2, -0.15) is 0 Å². The van der Waals surface area contributed by atoms with Crippen molar-refractivity contribution in [2.24, 2.45) is 5.73 Å². The summed E-state index contributed by atoms with van der Waals surface area (Å²) in [4.78, 5) is 24.0. The third-order valence-corrected chi connectivity index (χ3v) is 2.73. The molecule has 1 heterocycles. The second-order valence-electron chi connectivity index (χ2n) is 4.01. The van der Waals surface area contributed by atoms with E-state index in [0.29, 0.717) is 5.69 Å². The fraction of sp³-hybridized carbons (Fsp3) is 0.0833. The molecule has 0 spiro atoms. The number of hydrogen-bond acceptors (Lipinski definition) is 3. The van der Waals surface area contributed by atoms with Crippen LogP contribution in [-0.2, 0) is 0 Å². The number of halogens is 1. The predicted octanol–water partition coefficient (Wildman–Crippen LogP) is 2.14. The van der Waals surface area contributed by atoms with E-state index in [2.05, 4.69) is 4.98 Å². The first kappa shape index (κ1) is 12.7. The SMILES string of the molecule is Cc1[nH]c(-c2cc([N+](=O)[O-])ccc2F)cc1C(N)=O. The molecule has 1 amide bonds. The minimum atomic E-state index is -0.647. The number of carbonyl (C=O) groups excluding carboxylic acids is 1. The molecule has 0 atom stereocenters. The summed E-state index contributed by atoms with van der Waals surface area (Å²) in [6.07, 6.45) is 0. The zero-order chi connectivity index (χ0) is 14.2. The van der Waals surface area contributed by atoms with Crippen LogP contribution in [0.4, 0.5) is 10.1 Å². The number of nitrogens with one attached hydrogen (secondary N) is 1. The van der Waals surface area contributed by atoms with Crippen LogP contribution >= 0.6 is 0 Å². The number of aromatic amines is 1. The molecule has 6 nitrogen and oxygen atoms in total. The molecule has 0 radical (unpaired) electrons. The molecule has 1 aromatic carbocycles. The Labute approximate surface area is 107 Å². The Morgan fingerprint density at radius 1 is 1.42 bits per heavy atom. The summed E-state index contributed by atoms with van der Waals surface area (Å²) in [5.41, 5.74) is 5.92. The van der Waals surface area contributed by atoms with E-state index >= 15 is 0 Å². The molecule has 0 unspecified atom stereocenters. The number of aromatic nitrogens is 1. The average Bonchev–Trinajstić information content (AvgIpc) is 2.71. The molecular formula is C12H10FN3O3. The molecule has 0 saturated heterocycles. The second kappa shape index (κ2) is 4.52. The highest BCUT2D eigenvalue weighted by Crippen LogP contribution is 2.27. The number of aryl methyl sites for hydroxylation is 1. The number of benzene rings is 1. The van der Waals surface area contributed by atoms with Crippen LogP contribution in [0.1, 0.15) is 16.1 Å². The number of nitrogens with zero attached hydrogens (tertiary/aromatic N) is 1. The molecule has 1 aromatic heterocycles. The summed E-state index contributed by atoms with van der Waals surface area (Å²) in [6.45, 7) is 1.61. The smallest absolute Gasteiger partial charge is 0.270 e. The molecule has 0 aliphatic rings. The van der Waals surface area contributed by atoms with Gasteiger partial charge in [-0.1, -0.05) is 0 Å². The summed E-state index contributed by atoms with van der Waals surface area (Å²) in [5, 5.41) is 10.7. The topological polar surface area (TPSA) is 102 Å². The summed E-state index contributed by atoms with van der Waals surface area (Å²) < 4.78 is 13.7. The maximum absolute atomic E-state index is 13.7. The average molecular weight is 263 g/mol. The quantitative estimate of drug-likeness (QED) is 0.655. The Morgan fingerprint density at radius 3 is 2.63 bits per heavy atom. The molecular weight excluding hydrogens is 253 g/mol. The van der Waals surface area contributed by atoms with Gasteiger partial charge in [0.1, 0.15) is 5.82 Å². The number of nitrogens with two attached hydrogens (primary N) is 1. The van der Waals surface area contributed by atoms with Gasteiger partial charge >= 0.3 is 0 Å². The van der Waals surface area contributed by atoms with Crippen molar-refractivity contribution >= 4 is 11.6 Å². The first-order valence-electron chi connectivity index (χ1n) is 5.34. The van der Waals surface area contributed by atoms with Crippen LogP contribution in [-0.4, -0.2) is 15.8 Å². The van der Waals surface area contributed by atoms with Gasteiger partial charge in [-0.15, -0.1) is 0 Å².